The van der Waals surface area contributed by atoms with Crippen LogP contribution in [0.15, 0.2) is 18.2 Å². The highest BCUT2D eigenvalue weighted by atomic mass is 35.5. The van der Waals surface area contributed by atoms with Gasteiger partial charge in [0.1, 0.15) is 16.7 Å². The van der Waals surface area contributed by atoms with Crippen molar-refractivity contribution in [2.75, 3.05) is 6.61 Å². The van der Waals surface area contributed by atoms with Gasteiger partial charge in [0, 0.05) is 5.56 Å². The minimum Gasteiger partial charge on any atom is -0.493 e. The Hall–Kier alpha value is -1.94. The van der Waals surface area contributed by atoms with Crippen molar-refractivity contribution in [1.82, 2.24) is 9.97 Å². The Morgan fingerprint density at radius 2 is 2.20 bits per heavy atom. The molecule has 1 aliphatic heterocycles. The number of para-hydroxylation sites is 1. The number of nitrogens with zero attached hydrogens (tertiary/aromatic N) is 2. The lowest BCUT2D eigenvalue weighted by atomic mass is 9.99. The van der Waals surface area contributed by atoms with Crippen molar-refractivity contribution in [2.24, 2.45) is 0 Å². The number of carbonyl (C=O) groups is 1. The quantitative estimate of drug-likeness (QED) is 0.629. The Morgan fingerprint density at radius 3 is 3.00 bits per heavy atom. The van der Waals surface area contributed by atoms with Crippen molar-refractivity contribution in [1.29, 1.82) is 0 Å². The van der Waals surface area contributed by atoms with Gasteiger partial charge in [-0.25, -0.2) is 9.97 Å². The highest BCUT2D eigenvalue weighted by Gasteiger charge is 2.20. The van der Waals surface area contributed by atoms with E-state index in [9.17, 15) is 4.79 Å². The summed E-state index contributed by atoms with van der Waals surface area (Å²) in [5.41, 5.74) is 2.78. The number of aromatic nitrogens is 2. The Balaban J connectivity index is 2.26. The number of rotatable bonds is 2. The molecule has 4 nitrogen and oxygen atoms in total. The first kappa shape index (κ1) is 13.1. The lowest BCUT2D eigenvalue weighted by Crippen LogP contribution is -2.10. The molecule has 0 saturated carbocycles. The molecule has 0 N–H and O–H groups in total. The first-order valence-corrected chi connectivity index (χ1v) is 6.83. The molecule has 0 amide bonds. The predicted octanol–water partition coefficient (Wildman–Crippen LogP) is 3.24. The molecule has 0 saturated heterocycles. The second kappa shape index (κ2) is 5.21. The maximum atomic E-state index is 11.3. The van der Waals surface area contributed by atoms with Crippen LogP contribution in [0.2, 0.25) is 5.15 Å². The summed E-state index contributed by atoms with van der Waals surface area (Å²) in [5.74, 6) is 1.33. The number of ether oxygens (including phenoxy) is 1. The van der Waals surface area contributed by atoms with Gasteiger partial charge in [0.05, 0.1) is 17.9 Å². The van der Waals surface area contributed by atoms with Crippen molar-refractivity contribution in [3.8, 4) is 17.0 Å². The van der Waals surface area contributed by atoms with Crippen LogP contribution in [0.3, 0.4) is 0 Å². The third-order valence-corrected chi connectivity index (χ3v) is 3.61. The average Bonchev–Trinajstić information content (AvgIpc) is 2.46. The van der Waals surface area contributed by atoms with Gasteiger partial charge in [0.25, 0.3) is 0 Å². The summed E-state index contributed by atoms with van der Waals surface area (Å²) in [6, 6.07) is 5.88. The highest BCUT2D eigenvalue weighted by molar-refractivity contribution is 6.32. The van der Waals surface area contributed by atoms with Crippen molar-refractivity contribution >= 4 is 17.9 Å². The van der Waals surface area contributed by atoms with E-state index in [-0.39, 0.29) is 5.15 Å². The average molecular weight is 289 g/mol. The van der Waals surface area contributed by atoms with Gasteiger partial charge in [-0.1, -0.05) is 23.7 Å². The molecule has 0 aliphatic carbocycles. The monoisotopic (exact) mass is 288 g/mol. The Kier molecular flexibility index (Phi) is 3.40. The van der Waals surface area contributed by atoms with Gasteiger partial charge in [-0.15, -0.1) is 0 Å². The number of halogens is 1. The van der Waals surface area contributed by atoms with Crippen molar-refractivity contribution in [2.45, 2.75) is 19.8 Å². The summed E-state index contributed by atoms with van der Waals surface area (Å²) < 4.78 is 5.77. The summed E-state index contributed by atoms with van der Waals surface area (Å²) in [6.45, 7) is 2.43. The zero-order valence-corrected chi connectivity index (χ0v) is 11.8. The van der Waals surface area contributed by atoms with Crippen LogP contribution in [0.25, 0.3) is 11.3 Å². The van der Waals surface area contributed by atoms with E-state index in [0.717, 1.165) is 29.7 Å². The van der Waals surface area contributed by atoms with E-state index in [4.69, 9.17) is 16.3 Å². The molecule has 3 rings (SSSR count). The maximum absolute atomic E-state index is 11.3. The standard InChI is InChI=1S/C15H13ClN2O2/c1-9-17-13(12(8-19)15(16)18-9)11-6-2-4-10-5-3-7-20-14(10)11/h2,4,6,8H,3,5,7H2,1H3. The summed E-state index contributed by atoms with van der Waals surface area (Å²) >= 11 is 6.04. The fourth-order valence-electron chi connectivity index (χ4n) is 2.43. The molecule has 0 bridgehead atoms. The molecular formula is C15H13ClN2O2. The topological polar surface area (TPSA) is 52.1 Å². The van der Waals surface area contributed by atoms with Crippen molar-refractivity contribution in [3.05, 3.63) is 40.3 Å². The molecule has 1 aliphatic rings. The summed E-state index contributed by atoms with van der Waals surface area (Å²) in [5, 5.41) is 0.177. The Labute approximate surface area is 121 Å². The molecule has 2 aromatic rings. The van der Waals surface area contributed by atoms with Gasteiger partial charge in [-0.2, -0.15) is 0 Å². The fraction of sp³-hybridized carbons (Fsp3) is 0.267. The minimum absolute atomic E-state index is 0.177. The van der Waals surface area contributed by atoms with Crippen LogP contribution in [0.5, 0.6) is 5.75 Å². The van der Waals surface area contributed by atoms with E-state index in [1.165, 1.54) is 0 Å². The summed E-state index contributed by atoms with van der Waals surface area (Å²) in [4.78, 5) is 19.7. The largest absolute Gasteiger partial charge is 0.493 e. The van der Waals surface area contributed by atoms with Crippen LogP contribution in [0.4, 0.5) is 0 Å². The third-order valence-electron chi connectivity index (χ3n) is 3.32. The normalized spacial score (nSPS) is 13.5. The number of hydrogen-bond acceptors (Lipinski definition) is 4. The number of benzene rings is 1. The first-order valence-electron chi connectivity index (χ1n) is 6.45. The smallest absolute Gasteiger partial charge is 0.155 e. The van der Waals surface area contributed by atoms with Crippen molar-refractivity contribution < 1.29 is 9.53 Å². The molecule has 1 aromatic carbocycles. The van der Waals surface area contributed by atoms with Gasteiger partial charge in [-0.05, 0) is 31.4 Å². The molecule has 1 aromatic heterocycles. The molecule has 0 radical (unpaired) electrons. The molecule has 5 heteroatoms. The zero-order chi connectivity index (χ0) is 14.1. The van der Waals surface area contributed by atoms with Gasteiger partial charge in [-0.3, -0.25) is 4.79 Å². The molecular weight excluding hydrogens is 276 g/mol. The van der Waals surface area contributed by atoms with E-state index >= 15 is 0 Å². The summed E-state index contributed by atoms with van der Waals surface area (Å²) in [7, 11) is 0. The highest BCUT2D eigenvalue weighted by Crippen LogP contribution is 2.37. The SMILES string of the molecule is Cc1nc(Cl)c(C=O)c(-c2cccc3c2OCCC3)n1. The number of aryl methyl sites for hydroxylation is 2. The third kappa shape index (κ3) is 2.16. The molecule has 0 unspecified atom stereocenters. The van der Waals surface area contributed by atoms with Gasteiger partial charge in [0.2, 0.25) is 0 Å². The van der Waals surface area contributed by atoms with E-state index in [0.29, 0.717) is 30.0 Å². The fourth-order valence-corrected chi connectivity index (χ4v) is 2.69. The zero-order valence-electron chi connectivity index (χ0n) is 11.0. The molecule has 102 valence electrons. The predicted molar refractivity (Wildman–Crippen MR) is 76.4 cm³/mol. The molecule has 0 fully saturated rings. The Morgan fingerprint density at radius 1 is 1.35 bits per heavy atom. The number of hydrogen-bond donors (Lipinski definition) is 0. The van der Waals surface area contributed by atoms with E-state index in [1.54, 1.807) is 6.92 Å². The van der Waals surface area contributed by atoms with Gasteiger partial charge >= 0.3 is 0 Å². The maximum Gasteiger partial charge on any atom is 0.155 e. The molecule has 2 heterocycles. The molecule has 20 heavy (non-hydrogen) atoms. The van der Waals surface area contributed by atoms with Crippen LogP contribution in [0.1, 0.15) is 28.2 Å². The lowest BCUT2D eigenvalue weighted by Gasteiger charge is -2.20. The number of aldehydes is 1. The number of fused-ring (bicyclic) bond motifs is 1. The molecule has 0 atom stereocenters. The van der Waals surface area contributed by atoms with E-state index < -0.39 is 0 Å². The minimum atomic E-state index is 0.177. The van der Waals surface area contributed by atoms with Crippen LogP contribution in [0, 0.1) is 6.92 Å². The van der Waals surface area contributed by atoms with Crippen LogP contribution < -0.4 is 4.74 Å². The van der Waals surface area contributed by atoms with Crippen LogP contribution in [-0.2, 0) is 6.42 Å². The Bertz CT molecular complexity index is 686. The van der Waals surface area contributed by atoms with E-state index in [1.807, 2.05) is 18.2 Å². The van der Waals surface area contributed by atoms with Crippen molar-refractivity contribution in [3.63, 3.8) is 0 Å². The summed E-state index contributed by atoms with van der Waals surface area (Å²) in [6.07, 6.45) is 2.66. The van der Waals surface area contributed by atoms with Crippen LogP contribution in [-0.4, -0.2) is 22.9 Å². The molecule has 0 spiro atoms. The van der Waals surface area contributed by atoms with E-state index in [2.05, 4.69) is 9.97 Å². The first-order chi connectivity index (χ1) is 9.70. The second-order valence-electron chi connectivity index (χ2n) is 4.69. The second-order valence-corrected chi connectivity index (χ2v) is 5.05. The van der Waals surface area contributed by atoms with Gasteiger partial charge < -0.3 is 4.74 Å². The lowest BCUT2D eigenvalue weighted by molar-refractivity contribution is 0.112. The van der Waals surface area contributed by atoms with Crippen LogP contribution >= 0.6 is 11.6 Å². The number of carbonyl (C=O) groups excluding carboxylic acids is 1. The van der Waals surface area contributed by atoms with Gasteiger partial charge in [0.15, 0.2) is 6.29 Å².